The molecule has 0 aliphatic rings. The maximum atomic E-state index is 11.8. The molecule has 0 spiro atoms. The number of aromatic nitrogens is 1. The second-order valence-electron chi connectivity index (χ2n) is 4.10. The van der Waals surface area contributed by atoms with Gasteiger partial charge in [-0.25, -0.2) is 0 Å². The Morgan fingerprint density at radius 2 is 2.05 bits per heavy atom. The van der Waals surface area contributed by atoms with Crippen LogP contribution in [0.5, 0.6) is 0 Å². The molecule has 5 nitrogen and oxygen atoms in total. The summed E-state index contributed by atoms with van der Waals surface area (Å²) >= 11 is 9.08. The molecular weight excluding hydrogens is 358 g/mol. The summed E-state index contributed by atoms with van der Waals surface area (Å²) in [4.78, 5) is 27.4. The molecule has 0 aliphatic carbocycles. The number of carbonyl (C=O) groups is 2. The fraction of sp³-hybridized carbons (Fsp3) is 0.0714. The van der Waals surface area contributed by atoms with Crippen molar-refractivity contribution >= 4 is 45.0 Å². The molecule has 1 heterocycles. The molecule has 0 saturated heterocycles. The summed E-state index contributed by atoms with van der Waals surface area (Å²) in [6, 6.07) is 10.2. The summed E-state index contributed by atoms with van der Waals surface area (Å²) in [6.45, 7) is -0.153. The van der Waals surface area contributed by atoms with Crippen molar-refractivity contribution in [3.8, 4) is 0 Å². The monoisotopic (exact) mass is 367 g/mol. The molecule has 21 heavy (non-hydrogen) atoms. The lowest BCUT2D eigenvalue weighted by Crippen LogP contribution is -2.33. The molecule has 2 aromatic rings. The zero-order chi connectivity index (χ0) is 15.2. The second-order valence-corrected chi connectivity index (χ2v) is 5.45. The average molecular weight is 369 g/mol. The van der Waals surface area contributed by atoms with Gasteiger partial charge in [0.2, 0.25) is 5.91 Å². The SMILES string of the molecule is O=C(CNC(=O)c1cc(Cl)ccn1)Nc1cccc(Br)c1. The Hall–Kier alpha value is -1.92. The minimum absolute atomic E-state index is 0.153. The van der Waals surface area contributed by atoms with Gasteiger partial charge in [0.15, 0.2) is 0 Å². The fourth-order valence-corrected chi connectivity index (χ4v) is 2.11. The van der Waals surface area contributed by atoms with E-state index in [1.54, 1.807) is 24.3 Å². The van der Waals surface area contributed by atoms with Crippen molar-refractivity contribution in [2.45, 2.75) is 0 Å². The number of nitrogens with one attached hydrogen (secondary N) is 2. The maximum absolute atomic E-state index is 11.8. The van der Waals surface area contributed by atoms with Gasteiger partial charge in [-0.2, -0.15) is 0 Å². The minimum Gasteiger partial charge on any atom is -0.342 e. The summed E-state index contributed by atoms with van der Waals surface area (Å²) in [5.41, 5.74) is 0.808. The van der Waals surface area contributed by atoms with Gasteiger partial charge in [0.25, 0.3) is 5.91 Å². The van der Waals surface area contributed by atoms with Crippen molar-refractivity contribution in [3.05, 3.63) is 57.8 Å². The summed E-state index contributed by atoms with van der Waals surface area (Å²) in [5, 5.41) is 5.56. The molecule has 0 fully saturated rings. The van der Waals surface area contributed by atoms with E-state index >= 15 is 0 Å². The van der Waals surface area contributed by atoms with Crippen molar-refractivity contribution in [3.63, 3.8) is 0 Å². The van der Waals surface area contributed by atoms with Crippen molar-refractivity contribution in [1.82, 2.24) is 10.3 Å². The molecule has 1 aromatic heterocycles. The highest BCUT2D eigenvalue weighted by molar-refractivity contribution is 9.10. The molecule has 0 aliphatic heterocycles. The van der Waals surface area contributed by atoms with Crippen LogP contribution in [-0.2, 0) is 4.79 Å². The standard InChI is InChI=1S/C14H11BrClN3O2/c15-9-2-1-3-11(6-9)19-13(20)8-18-14(21)12-7-10(16)4-5-17-12/h1-7H,8H2,(H,18,21)(H,19,20). The molecule has 0 bridgehead atoms. The highest BCUT2D eigenvalue weighted by Crippen LogP contribution is 2.15. The van der Waals surface area contributed by atoms with E-state index in [-0.39, 0.29) is 18.1 Å². The molecule has 1 aromatic carbocycles. The molecular formula is C14H11BrClN3O2. The van der Waals surface area contributed by atoms with Crippen LogP contribution in [0.3, 0.4) is 0 Å². The van der Waals surface area contributed by atoms with Crippen LogP contribution in [0.25, 0.3) is 0 Å². The number of benzene rings is 1. The second kappa shape index (κ2) is 7.19. The minimum atomic E-state index is -0.457. The van der Waals surface area contributed by atoms with Crippen LogP contribution < -0.4 is 10.6 Å². The number of carbonyl (C=O) groups excluding carboxylic acids is 2. The summed E-state index contributed by atoms with van der Waals surface area (Å²) in [5.74, 6) is -0.787. The Labute approximate surface area is 134 Å². The highest BCUT2D eigenvalue weighted by atomic mass is 79.9. The Kier molecular flexibility index (Phi) is 5.30. The van der Waals surface area contributed by atoms with E-state index in [2.05, 4.69) is 31.5 Å². The smallest absolute Gasteiger partial charge is 0.270 e. The number of hydrogen-bond donors (Lipinski definition) is 2. The predicted octanol–water partition coefficient (Wildman–Crippen LogP) is 2.87. The van der Waals surface area contributed by atoms with Gasteiger partial charge in [0, 0.05) is 21.4 Å². The number of nitrogens with zero attached hydrogens (tertiary/aromatic N) is 1. The van der Waals surface area contributed by atoms with Gasteiger partial charge in [0.05, 0.1) is 6.54 Å². The summed E-state index contributed by atoms with van der Waals surface area (Å²) < 4.78 is 0.854. The first-order valence-corrected chi connectivity index (χ1v) is 7.17. The molecule has 0 saturated carbocycles. The third kappa shape index (κ3) is 4.84. The van der Waals surface area contributed by atoms with E-state index < -0.39 is 5.91 Å². The van der Waals surface area contributed by atoms with Gasteiger partial charge in [-0.3, -0.25) is 14.6 Å². The highest BCUT2D eigenvalue weighted by Gasteiger charge is 2.09. The number of halogens is 2. The first-order valence-electron chi connectivity index (χ1n) is 6.00. The number of anilines is 1. The van der Waals surface area contributed by atoms with Crippen molar-refractivity contribution < 1.29 is 9.59 Å². The molecule has 7 heteroatoms. The van der Waals surface area contributed by atoms with Gasteiger partial charge < -0.3 is 10.6 Å². The van der Waals surface area contributed by atoms with Gasteiger partial charge in [0.1, 0.15) is 5.69 Å². The fourth-order valence-electron chi connectivity index (χ4n) is 1.55. The molecule has 2 N–H and O–H groups in total. The van der Waals surface area contributed by atoms with E-state index in [1.807, 2.05) is 6.07 Å². The number of pyridine rings is 1. The lowest BCUT2D eigenvalue weighted by molar-refractivity contribution is -0.115. The van der Waals surface area contributed by atoms with Crippen LogP contribution >= 0.6 is 27.5 Å². The Morgan fingerprint density at radius 3 is 2.76 bits per heavy atom. The first kappa shape index (κ1) is 15.5. The van der Waals surface area contributed by atoms with Crippen LogP contribution in [0.15, 0.2) is 47.1 Å². The summed E-state index contributed by atoms with van der Waals surface area (Å²) in [6.07, 6.45) is 1.43. The van der Waals surface area contributed by atoms with Crippen molar-refractivity contribution in [1.29, 1.82) is 0 Å². The molecule has 2 amide bonds. The quantitative estimate of drug-likeness (QED) is 0.872. The zero-order valence-electron chi connectivity index (χ0n) is 10.8. The molecule has 0 unspecified atom stereocenters. The van der Waals surface area contributed by atoms with Crippen LogP contribution in [0.4, 0.5) is 5.69 Å². The Morgan fingerprint density at radius 1 is 1.24 bits per heavy atom. The van der Waals surface area contributed by atoms with Gasteiger partial charge >= 0.3 is 0 Å². The number of rotatable bonds is 4. The normalized spacial score (nSPS) is 10.0. The van der Waals surface area contributed by atoms with Gasteiger partial charge in [-0.05, 0) is 30.3 Å². The average Bonchev–Trinajstić information content (AvgIpc) is 2.45. The predicted molar refractivity (Wildman–Crippen MR) is 84.4 cm³/mol. The van der Waals surface area contributed by atoms with Crippen molar-refractivity contribution in [2.24, 2.45) is 0 Å². The van der Waals surface area contributed by atoms with E-state index in [0.29, 0.717) is 10.7 Å². The van der Waals surface area contributed by atoms with Crippen LogP contribution in [0.1, 0.15) is 10.5 Å². The summed E-state index contributed by atoms with van der Waals surface area (Å²) in [7, 11) is 0. The zero-order valence-corrected chi connectivity index (χ0v) is 13.1. The lowest BCUT2D eigenvalue weighted by atomic mass is 10.3. The Bertz CT molecular complexity index is 679. The van der Waals surface area contributed by atoms with Crippen LogP contribution in [0.2, 0.25) is 5.02 Å². The maximum Gasteiger partial charge on any atom is 0.270 e. The molecule has 2 rings (SSSR count). The molecule has 108 valence electrons. The third-order valence-corrected chi connectivity index (χ3v) is 3.20. The molecule has 0 radical (unpaired) electrons. The Balaban J connectivity index is 1.88. The van der Waals surface area contributed by atoms with E-state index in [1.165, 1.54) is 12.3 Å². The number of amides is 2. The topological polar surface area (TPSA) is 71.1 Å². The van der Waals surface area contributed by atoms with Crippen LogP contribution in [-0.4, -0.2) is 23.3 Å². The third-order valence-electron chi connectivity index (χ3n) is 2.47. The largest absolute Gasteiger partial charge is 0.342 e. The number of hydrogen-bond acceptors (Lipinski definition) is 3. The van der Waals surface area contributed by atoms with Gasteiger partial charge in [-0.15, -0.1) is 0 Å². The lowest BCUT2D eigenvalue weighted by Gasteiger charge is -2.07. The van der Waals surface area contributed by atoms with E-state index in [0.717, 1.165) is 4.47 Å². The van der Waals surface area contributed by atoms with Crippen molar-refractivity contribution in [2.75, 3.05) is 11.9 Å². The molecule has 0 atom stereocenters. The van der Waals surface area contributed by atoms with Gasteiger partial charge in [-0.1, -0.05) is 33.6 Å². The van der Waals surface area contributed by atoms with E-state index in [4.69, 9.17) is 11.6 Å². The first-order chi connectivity index (χ1) is 10.0. The van der Waals surface area contributed by atoms with E-state index in [9.17, 15) is 9.59 Å². The van der Waals surface area contributed by atoms with Crippen LogP contribution in [0, 0.1) is 0 Å².